The van der Waals surface area contributed by atoms with Gasteiger partial charge in [0.25, 0.3) is 5.91 Å². The molecule has 3 N–H and O–H groups in total. The predicted octanol–water partition coefficient (Wildman–Crippen LogP) is 2.79. The monoisotopic (exact) mass is 353 g/mol. The zero-order valence-corrected chi connectivity index (χ0v) is 15.7. The molecule has 0 spiro atoms. The van der Waals surface area contributed by atoms with Crippen LogP contribution in [0.5, 0.6) is 0 Å². The van der Waals surface area contributed by atoms with Gasteiger partial charge in [0.1, 0.15) is 5.82 Å². The Morgan fingerprint density at radius 1 is 1.27 bits per heavy atom. The molecule has 1 unspecified atom stereocenters. The van der Waals surface area contributed by atoms with E-state index in [0.29, 0.717) is 29.3 Å². The van der Waals surface area contributed by atoms with Gasteiger partial charge in [-0.2, -0.15) is 0 Å². The summed E-state index contributed by atoms with van der Waals surface area (Å²) in [6.07, 6.45) is 0. The van der Waals surface area contributed by atoms with Crippen molar-refractivity contribution in [2.75, 3.05) is 11.9 Å². The van der Waals surface area contributed by atoms with Crippen molar-refractivity contribution in [1.82, 2.24) is 10.5 Å². The first kappa shape index (κ1) is 18.5. The van der Waals surface area contributed by atoms with Gasteiger partial charge in [-0.1, -0.05) is 25.1 Å². The number of aryl methyl sites for hydroxylation is 1. The van der Waals surface area contributed by atoms with Gasteiger partial charge in [0, 0.05) is 18.2 Å². The molecule has 2 atom stereocenters. The molecule has 1 heterocycles. The summed E-state index contributed by atoms with van der Waals surface area (Å²) in [5, 5.41) is 9.14. The average Bonchev–Trinajstić information content (AvgIpc) is 2.95. The van der Waals surface area contributed by atoms with Crippen molar-refractivity contribution in [2.24, 2.45) is 0 Å². The van der Waals surface area contributed by atoms with E-state index < -0.39 is 0 Å². The summed E-state index contributed by atoms with van der Waals surface area (Å²) in [6.45, 7) is 7.63. The fraction of sp³-hybridized carbons (Fsp3) is 0.350. The maximum absolute atomic E-state index is 14.4. The second-order valence-corrected chi connectivity index (χ2v) is 7.11. The lowest BCUT2D eigenvalue weighted by atomic mass is 9.93. The molecule has 1 aliphatic heterocycles. The summed E-state index contributed by atoms with van der Waals surface area (Å²) in [4.78, 5) is 11.8. The molecule has 0 bridgehead atoms. The Morgan fingerprint density at radius 2 is 2.04 bits per heavy atom. The van der Waals surface area contributed by atoms with Gasteiger partial charge in [-0.25, -0.2) is 4.39 Å². The van der Waals surface area contributed by atoms with Crippen LogP contribution < -0.4 is 15.9 Å². The number of fused-ring (bicyclic) bond motifs is 1. The molecule has 1 amide bonds. The second kappa shape index (κ2) is 7.50. The van der Waals surface area contributed by atoms with Gasteiger partial charge in [-0.15, -0.1) is 0 Å². The molecule has 1 aliphatic rings. The molecule has 2 aromatic rings. The van der Waals surface area contributed by atoms with Gasteiger partial charge >= 0.3 is 0 Å². The standard InChI is InChI=1S/C20H25BFN3O/c1-11-6-14(4-5-16(11)12(2)9-24-21)13(3)25-19-8-17-15(7-18(19)22)10-23-20(17)26/h4-8,12-13,24-25H,9-10,21H2,1-3H3,(H,23,26)/t12-,13?/m0/s1. The van der Waals surface area contributed by atoms with Gasteiger partial charge in [-0.3, -0.25) is 4.79 Å². The Bertz CT molecular complexity index is 840. The average molecular weight is 353 g/mol. The number of hydrogen-bond donors (Lipinski definition) is 3. The van der Waals surface area contributed by atoms with Crippen LogP contribution in [0.3, 0.4) is 0 Å². The van der Waals surface area contributed by atoms with Crippen LogP contribution >= 0.6 is 0 Å². The molecule has 0 saturated carbocycles. The van der Waals surface area contributed by atoms with Gasteiger partial charge in [0.15, 0.2) is 7.98 Å². The van der Waals surface area contributed by atoms with E-state index >= 15 is 0 Å². The molecule has 136 valence electrons. The van der Waals surface area contributed by atoms with E-state index in [1.54, 1.807) is 6.07 Å². The number of carbonyl (C=O) groups is 1. The van der Waals surface area contributed by atoms with Crippen LogP contribution in [0.2, 0.25) is 0 Å². The van der Waals surface area contributed by atoms with E-state index in [0.717, 1.165) is 12.1 Å². The minimum Gasteiger partial charge on any atom is -0.376 e. The van der Waals surface area contributed by atoms with Crippen molar-refractivity contribution < 1.29 is 9.18 Å². The molecule has 0 aromatic heterocycles. The predicted molar refractivity (Wildman–Crippen MR) is 106 cm³/mol. The zero-order valence-electron chi connectivity index (χ0n) is 15.7. The van der Waals surface area contributed by atoms with Crippen LogP contribution in [-0.4, -0.2) is 20.4 Å². The quantitative estimate of drug-likeness (QED) is 0.700. The molecule has 0 radical (unpaired) electrons. The smallest absolute Gasteiger partial charge is 0.251 e. The first-order valence-corrected chi connectivity index (χ1v) is 9.03. The highest BCUT2D eigenvalue weighted by molar-refractivity contribution is 6.04. The molecule has 26 heavy (non-hydrogen) atoms. The van der Waals surface area contributed by atoms with Crippen LogP contribution in [0.15, 0.2) is 30.3 Å². The van der Waals surface area contributed by atoms with Crippen molar-refractivity contribution in [1.29, 1.82) is 0 Å². The van der Waals surface area contributed by atoms with Crippen molar-refractivity contribution in [2.45, 2.75) is 39.3 Å². The minimum absolute atomic E-state index is 0.0700. The number of halogens is 1. The molecule has 0 fully saturated rings. The highest BCUT2D eigenvalue weighted by Crippen LogP contribution is 2.29. The summed E-state index contributed by atoms with van der Waals surface area (Å²) in [5.41, 5.74) is 5.26. The van der Waals surface area contributed by atoms with Crippen LogP contribution in [-0.2, 0) is 6.54 Å². The summed E-state index contributed by atoms with van der Waals surface area (Å²) in [5.74, 6) is -0.0394. The number of anilines is 1. The number of nitrogens with one attached hydrogen (secondary N) is 3. The van der Waals surface area contributed by atoms with E-state index in [2.05, 4.69) is 47.9 Å². The summed E-state index contributed by atoms with van der Waals surface area (Å²) >= 11 is 0. The topological polar surface area (TPSA) is 53.2 Å². The van der Waals surface area contributed by atoms with Crippen LogP contribution in [0.4, 0.5) is 10.1 Å². The van der Waals surface area contributed by atoms with Gasteiger partial charge in [0.05, 0.1) is 5.69 Å². The van der Waals surface area contributed by atoms with Gasteiger partial charge in [-0.05, 0) is 60.7 Å². The van der Waals surface area contributed by atoms with Gasteiger partial charge in [0.2, 0.25) is 0 Å². The summed E-state index contributed by atoms with van der Waals surface area (Å²) in [7, 11) is 1.96. The normalized spacial score (nSPS) is 15.3. The second-order valence-electron chi connectivity index (χ2n) is 7.11. The molecule has 0 saturated heterocycles. The lowest BCUT2D eigenvalue weighted by molar-refractivity contribution is 0.0966. The number of hydrogen-bond acceptors (Lipinski definition) is 3. The summed E-state index contributed by atoms with van der Waals surface area (Å²) < 4.78 is 14.4. The van der Waals surface area contributed by atoms with E-state index in [4.69, 9.17) is 0 Å². The molecular weight excluding hydrogens is 328 g/mol. The number of carbonyl (C=O) groups excluding carboxylic acids is 1. The molecule has 0 aliphatic carbocycles. The third-order valence-electron chi connectivity index (χ3n) is 5.08. The Balaban J connectivity index is 1.80. The fourth-order valence-corrected chi connectivity index (χ4v) is 3.61. The van der Waals surface area contributed by atoms with Crippen LogP contribution in [0.1, 0.15) is 58.4 Å². The first-order valence-electron chi connectivity index (χ1n) is 9.03. The highest BCUT2D eigenvalue weighted by atomic mass is 19.1. The molecule has 4 nitrogen and oxygen atoms in total. The number of benzene rings is 2. The number of rotatable bonds is 6. The van der Waals surface area contributed by atoms with Crippen LogP contribution in [0.25, 0.3) is 0 Å². The van der Waals surface area contributed by atoms with Crippen molar-refractivity contribution >= 4 is 19.6 Å². The minimum atomic E-state index is -0.330. The molecule has 6 heteroatoms. The third kappa shape index (κ3) is 3.60. The SMILES string of the molecule is BNC[C@H](C)c1ccc(C(C)Nc2cc3c(cc2F)CNC3=O)cc1C. The molecule has 2 aromatic carbocycles. The molecular formula is C20H25BFN3O. The van der Waals surface area contributed by atoms with Crippen LogP contribution in [0, 0.1) is 12.7 Å². The Morgan fingerprint density at radius 3 is 2.73 bits per heavy atom. The highest BCUT2D eigenvalue weighted by Gasteiger charge is 2.22. The largest absolute Gasteiger partial charge is 0.376 e. The Labute approximate surface area is 155 Å². The zero-order chi connectivity index (χ0) is 18.8. The maximum atomic E-state index is 14.4. The van der Waals surface area contributed by atoms with E-state index in [-0.39, 0.29) is 17.8 Å². The van der Waals surface area contributed by atoms with Gasteiger partial charge < -0.3 is 15.9 Å². The number of amides is 1. The fourth-order valence-electron chi connectivity index (χ4n) is 3.61. The lowest BCUT2D eigenvalue weighted by Gasteiger charge is -2.20. The summed E-state index contributed by atoms with van der Waals surface area (Å²) in [6, 6.07) is 9.37. The van der Waals surface area contributed by atoms with Crippen molar-refractivity contribution in [3.05, 3.63) is 64.0 Å². The van der Waals surface area contributed by atoms with E-state index in [9.17, 15) is 9.18 Å². The molecule has 3 rings (SSSR count). The maximum Gasteiger partial charge on any atom is 0.251 e. The Hall–Kier alpha value is -2.34. The Kier molecular flexibility index (Phi) is 5.32. The first-order chi connectivity index (χ1) is 12.4. The van der Waals surface area contributed by atoms with Crippen molar-refractivity contribution in [3.8, 4) is 0 Å². The van der Waals surface area contributed by atoms with Crippen molar-refractivity contribution in [3.63, 3.8) is 0 Å². The lowest BCUT2D eigenvalue weighted by Crippen LogP contribution is -2.17. The third-order valence-corrected chi connectivity index (χ3v) is 5.08. The van der Waals surface area contributed by atoms with E-state index in [1.807, 2.05) is 14.9 Å². The van der Waals surface area contributed by atoms with E-state index in [1.165, 1.54) is 17.2 Å².